The van der Waals surface area contributed by atoms with Gasteiger partial charge < -0.3 is 14.4 Å². The van der Waals surface area contributed by atoms with Crippen LogP contribution in [0.4, 0.5) is 0 Å². The van der Waals surface area contributed by atoms with E-state index in [-0.39, 0.29) is 36.0 Å². The Morgan fingerprint density at radius 1 is 1.17 bits per heavy atom. The van der Waals surface area contributed by atoms with Crippen molar-refractivity contribution in [2.75, 3.05) is 31.3 Å². The van der Waals surface area contributed by atoms with Gasteiger partial charge in [0.05, 0.1) is 11.5 Å². The highest BCUT2D eigenvalue weighted by Gasteiger charge is 2.35. The summed E-state index contributed by atoms with van der Waals surface area (Å²) in [5.41, 5.74) is 2.58. The standard InChI is InChI=1S/C21H29NO6S/c1-15(2)11-22(18-8-9-29(25,26)14-18)20(23)12-28-21(24)13-27-19-7-6-16-4-3-5-17(16)10-19/h6-7,10,15,18H,3-5,8-9,11-14H2,1-2H3/t18-/m0/s1. The molecule has 160 valence electrons. The molecular weight excluding hydrogens is 394 g/mol. The van der Waals surface area contributed by atoms with Gasteiger partial charge in [0, 0.05) is 12.6 Å². The zero-order chi connectivity index (χ0) is 21.0. The number of nitrogens with zero attached hydrogens (tertiary/aromatic N) is 1. The lowest BCUT2D eigenvalue weighted by molar-refractivity contribution is -0.154. The molecule has 0 saturated carbocycles. The number of fused-ring (bicyclic) bond motifs is 1. The Morgan fingerprint density at radius 2 is 1.93 bits per heavy atom. The predicted molar refractivity (Wildman–Crippen MR) is 109 cm³/mol. The van der Waals surface area contributed by atoms with Crippen LogP contribution in [-0.4, -0.2) is 62.5 Å². The van der Waals surface area contributed by atoms with Crippen LogP contribution in [0.1, 0.15) is 37.8 Å². The summed E-state index contributed by atoms with van der Waals surface area (Å²) in [6.07, 6.45) is 3.66. The first-order chi connectivity index (χ1) is 13.7. The van der Waals surface area contributed by atoms with Gasteiger partial charge in [-0.25, -0.2) is 13.2 Å². The number of carbonyl (C=O) groups is 2. The molecule has 0 unspecified atom stereocenters. The lowest BCUT2D eigenvalue weighted by Crippen LogP contribution is -2.45. The second kappa shape index (κ2) is 9.15. The van der Waals surface area contributed by atoms with Gasteiger partial charge in [0.1, 0.15) is 5.75 Å². The van der Waals surface area contributed by atoms with Crippen molar-refractivity contribution in [1.29, 1.82) is 0 Å². The van der Waals surface area contributed by atoms with Crippen LogP contribution in [0.15, 0.2) is 18.2 Å². The molecule has 8 heteroatoms. The van der Waals surface area contributed by atoms with Gasteiger partial charge in [0.15, 0.2) is 23.1 Å². The van der Waals surface area contributed by atoms with Gasteiger partial charge in [0.2, 0.25) is 0 Å². The molecule has 0 N–H and O–H groups in total. The largest absolute Gasteiger partial charge is 0.482 e. The van der Waals surface area contributed by atoms with E-state index in [4.69, 9.17) is 9.47 Å². The maximum atomic E-state index is 12.6. The third-order valence-electron chi connectivity index (χ3n) is 5.31. The average Bonchev–Trinajstić information content (AvgIpc) is 3.27. The zero-order valence-corrected chi connectivity index (χ0v) is 17.9. The van der Waals surface area contributed by atoms with Crippen molar-refractivity contribution in [3.8, 4) is 5.75 Å². The molecule has 1 aromatic rings. The maximum absolute atomic E-state index is 12.6. The van der Waals surface area contributed by atoms with Crippen LogP contribution < -0.4 is 4.74 Å². The van der Waals surface area contributed by atoms with E-state index < -0.39 is 22.4 Å². The van der Waals surface area contributed by atoms with E-state index in [0.29, 0.717) is 18.7 Å². The first kappa shape index (κ1) is 21.6. The van der Waals surface area contributed by atoms with Crippen LogP contribution in [0.5, 0.6) is 5.75 Å². The molecule has 1 saturated heterocycles. The Morgan fingerprint density at radius 3 is 2.62 bits per heavy atom. The summed E-state index contributed by atoms with van der Waals surface area (Å²) < 4.78 is 34.1. The topological polar surface area (TPSA) is 90.0 Å². The van der Waals surface area contributed by atoms with Gasteiger partial charge in [-0.1, -0.05) is 19.9 Å². The van der Waals surface area contributed by atoms with E-state index in [2.05, 4.69) is 0 Å². The second-order valence-electron chi connectivity index (χ2n) is 8.23. The number of amides is 1. The Kier molecular flexibility index (Phi) is 6.82. The number of carbonyl (C=O) groups excluding carboxylic acids is 2. The van der Waals surface area contributed by atoms with Gasteiger partial charge in [-0.3, -0.25) is 4.79 Å². The van der Waals surface area contributed by atoms with E-state index in [0.717, 1.165) is 19.3 Å². The molecule has 1 aromatic carbocycles. The van der Waals surface area contributed by atoms with Crippen LogP contribution in [0, 0.1) is 5.92 Å². The highest BCUT2D eigenvalue weighted by Crippen LogP contribution is 2.26. The number of benzene rings is 1. The number of aryl methyl sites for hydroxylation is 2. The van der Waals surface area contributed by atoms with Crippen LogP contribution in [0.25, 0.3) is 0 Å². The highest BCUT2D eigenvalue weighted by molar-refractivity contribution is 7.91. The first-order valence-electron chi connectivity index (χ1n) is 10.1. The molecule has 1 fully saturated rings. The first-order valence-corrected chi connectivity index (χ1v) is 12.0. The van der Waals surface area contributed by atoms with E-state index in [1.165, 1.54) is 11.1 Å². The monoisotopic (exact) mass is 423 g/mol. The molecule has 7 nitrogen and oxygen atoms in total. The second-order valence-corrected chi connectivity index (χ2v) is 10.5. The summed E-state index contributed by atoms with van der Waals surface area (Å²) >= 11 is 0. The van der Waals surface area contributed by atoms with Crippen LogP contribution >= 0.6 is 0 Å². The van der Waals surface area contributed by atoms with Crippen molar-refractivity contribution >= 4 is 21.7 Å². The van der Waals surface area contributed by atoms with Crippen LogP contribution in [-0.2, 0) is 37.0 Å². The van der Waals surface area contributed by atoms with E-state index in [1.807, 2.05) is 32.0 Å². The predicted octanol–water partition coefficient (Wildman–Crippen LogP) is 1.77. The Hall–Kier alpha value is -2.09. The summed E-state index contributed by atoms with van der Waals surface area (Å²) in [5, 5.41) is 0. The Labute approximate surface area is 172 Å². The molecule has 3 rings (SSSR count). The van der Waals surface area contributed by atoms with Crippen molar-refractivity contribution in [1.82, 2.24) is 4.90 Å². The summed E-state index contributed by atoms with van der Waals surface area (Å²) in [6.45, 7) is 3.67. The fourth-order valence-electron chi connectivity index (χ4n) is 3.92. The molecule has 0 bridgehead atoms. The number of rotatable bonds is 8. The minimum atomic E-state index is -3.11. The summed E-state index contributed by atoms with van der Waals surface area (Å²) in [7, 11) is -3.11. The van der Waals surface area contributed by atoms with Crippen molar-refractivity contribution in [2.24, 2.45) is 5.92 Å². The lowest BCUT2D eigenvalue weighted by Gasteiger charge is -2.29. The lowest BCUT2D eigenvalue weighted by atomic mass is 10.1. The molecule has 0 aromatic heterocycles. The molecule has 2 aliphatic rings. The molecule has 1 aliphatic heterocycles. The summed E-state index contributed by atoms with van der Waals surface area (Å²) in [4.78, 5) is 26.2. The Balaban J connectivity index is 1.49. The maximum Gasteiger partial charge on any atom is 0.344 e. The van der Waals surface area contributed by atoms with Crippen LogP contribution in [0.2, 0.25) is 0 Å². The van der Waals surface area contributed by atoms with Crippen molar-refractivity contribution in [2.45, 2.75) is 45.6 Å². The van der Waals surface area contributed by atoms with Gasteiger partial charge in [-0.05, 0) is 54.9 Å². The summed E-state index contributed by atoms with van der Waals surface area (Å²) in [5.74, 6) is -0.129. The van der Waals surface area contributed by atoms with Crippen molar-refractivity contribution in [3.05, 3.63) is 29.3 Å². The zero-order valence-electron chi connectivity index (χ0n) is 17.1. The third kappa shape index (κ3) is 5.95. The number of esters is 1. The molecule has 1 amide bonds. The number of hydrogen-bond donors (Lipinski definition) is 0. The minimum absolute atomic E-state index is 0.0269. The van der Waals surface area contributed by atoms with Gasteiger partial charge in [-0.2, -0.15) is 0 Å². The van der Waals surface area contributed by atoms with E-state index in [1.54, 1.807) is 4.90 Å². The van der Waals surface area contributed by atoms with Gasteiger partial charge >= 0.3 is 5.97 Å². The SMILES string of the molecule is CC(C)CN(C(=O)COC(=O)COc1ccc2c(c1)CCC2)[C@H]1CCS(=O)(=O)C1. The van der Waals surface area contributed by atoms with E-state index in [9.17, 15) is 18.0 Å². The molecule has 1 aliphatic carbocycles. The highest BCUT2D eigenvalue weighted by atomic mass is 32.2. The fourth-order valence-corrected chi connectivity index (χ4v) is 5.65. The third-order valence-corrected chi connectivity index (χ3v) is 7.06. The van der Waals surface area contributed by atoms with Crippen molar-refractivity contribution < 1.29 is 27.5 Å². The number of ether oxygens (including phenoxy) is 2. The smallest absolute Gasteiger partial charge is 0.344 e. The molecule has 1 heterocycles. The Bertz CT molecular complexity index is 864. The molecular formula is C21H29NO6S. The van der Waals surface area contributed by atoms with Gasteiger partial charge in [0.25, 0.3) is 5.91 Å². The normalized spacial score (nSPS) is 19.8. The number of hydrogen-bond acceptors (Lipinski definition) is 6. The number of sulfone groups is 1. The fraction of sp³-hybridized carbons (Fsp3) is 0.619. The molecule has 0 spiro atoms. The van der Waals surface area contributed by atoms with E-state index >= 15 is 0 Å². The average molecular weight is 424 g/mol. The van der Waals surface area contributed by atoms with Crippen molar-refractivity contribution in [3.63, 3.8) is 0 Å². The minimum Gasteiger partial charge on any atom is -0.482 e. The van der Waals surface area contributed by atoms with Gasteiger partial charge in [-0.15, -0.1) is 0 Å². The summed E-state index contributed by atoms with van der Waals surface area (Å²) in [6, 6.07) is 5.46. The molecule has 1 atom stereocenters. The van der Waals surface area contributed by atoms with Crippen LogP contribution in [0.3, 0.4) is 0 Å². The quantitative estimate of drug-likeness (QED) is 0.592. The molecule has 29 heavy (non-hydrogen) atoms. The molecule has 0 radical (unpaired) electrons.